The molecule has 1 atom stereocenters. The predicted octanol–water partition coefficient (Wildman–Crippen LogP) is 2.10. The molecule has 0 radical (unpaired) electrons. The summed E-state index contributed by atoms with van der Waals surface area (Å²) < 4.78 is 26.5. The van der Waals surface area contributed by atoms with Crippen LogP contribution < -0.4 is 16.8 Å². The Labute approximate surface area is 180 Å². The van der Waals surface area contributed by atoms with Gasteiger partial charge < -0.3 is 21.7 Å². The van der Waals surface area contributed by atoms with Crippen molar-refractivity contribution >= 4 is 18.0 Å². The number of likely N-dealkylation sites (tertiary alicyclic amines) is 1. The van der Waals surface area contributed by atoms with Gasteiger partial charge in [0.05, 0.1) is 24.7 Å². The van der Waals surface area contributed by atoms with Crippen molar-refractivity contribution in [1.29, 1.82) is 5.26 Å². The molecule has 5 N–H and O–H groups in total. The number of hydrogen-bond acceptors (Lipinski definition) is 6. The summed E-state index contributed by atoms with van der Waals surface area (Å²) in [6.07, 6.45) is 1.99. The Kier molecular flexibility index (Phi) is 26.8. The van der Waals surface area contributed by atoms with Crippen molar-refractivity contribution in [2.24, 2.45) is 16.5 Å². The van der Waals surface area contributed by atoms with Gasteiger partial charge in [0.2, 0.25) is 5.91 Å². The molecule has 1 fully saturated rings. The van der Waals surface area contributed by atoms with Crippen molar-refractivity contribution in [3.8, 4) is 6.07 Å². The third kappa shape index (κ3) is 14.6. The zero-order valence-electron chi connectivity index (χ0n) is 19.6. The van der Waals surface area contributed by atoms with Crippen molar-refractivity contribution in [3.05, 3.63) is 11.6 Å². The maximum atomic E-state index is 13.2. The molecule has 10 heteroatoms. The van der Waals surface area contributed by atoms with Gasteiger partial charge in [0.15, 0.2) is 0 Å². The molecule has 1 aliphatic heterocycles. The first-order chi connectivity index (χ1) is 14.3. The number of nitrogens with one attached hydrogen (secondary N) is 1. The molecule has 0 aromatic heterocycles. The number of nitrogens with two attached hydrogens (primary N) is 2. The first kappa shape index (κ1) is 35.1. The molecule has 8 nitrogen and oxygen atoms in total. The van der Waals surface area contributed by atoms with Crippen LogP contribution in [0.5, 0.6) is 0 Å². The molecule has 1 heterocycles. The van der Waals surface area contributed by atoms with Gasteiger partial charge in [-0.2, -0.15) is 5.26 Å². The van der Waals surface area contributed by atoms with Crippen LogP contribution in [0.2, 0.25) is 0 Å². The molecule has 0 bridgehead atoms. The lowest BCUT2D eigenvalue weighted by Crippen LogP contribution is -2.43. The summed E-state index contributed by atoms with van der Waals surface area (Å²) in [5.74, 6) is -4.42. The SMILES string of the molecule is CC.CC.CC.CN.CN=C/C(=C\CN)C(=O)NCC(=O)N1CC(F)(F)CC1C#N. The first-order valence-electron chi connectivity index (χ1n) is 10.1. The second kappa shape index (κ2) is 22.9. The molecule has 0 saturated carbocycles. The molecule has 0 aliphatic carbocycles. The van der Waals surface area contributed by atoms with Crippen LogP contribution in [0.15, 0.2) is 16.6 Å². The second-order valence-corrected chi connectivity index (χ2v) is 4.69. The summed E-state index contributed by atoms with van der Waals surface area (Å²) in [6.45, 7) is 10.8. The van der Waals surface area contributed by atoms with Crippen LogP contribution in [0.3, 0.4) is 0 Å². The highest BCUT2D eigenvalue weighted by Gasteiger charge is 2.47. The van der Waals surface area contributed by atoms with Gasteiger partial charge in [-0.25, -0.2) is 8.78 Å². The molecule has 1 unspecified atom stereocenters. The first-order valence-corrected chi connectivity index (χ1v) is 10.1. The number of carbonyl (C=O) groups is 2. The molecule has 176 valence electrons. The van der Waals surface area contributed by atoms with E-state index in [1.807, 2.05) is 41.5 Å². The van der Waals surface area contributed by atoms with Gasteiger partial charge in [-0.15, -0.1) is 0 Å². The number of amides is 2. The van der Waals surface area contributed by atoms with Gasteiger partial charge in [-0.1, -0.05) is 47.6 Å². The summed E-state index contributed by atoms with van der Waals surface area (Å²) in [5, 5.41) is 11.1. The molecule has 2 amide bonds. The molecule has 0 spiro atoms. The normalized spacial score (nSPS) is 16.2. The van der Waals surface area contributed by atoms with E-state index in [0.717, 1.165) is 4.90 Å². The van der Waals surface area contributed by atoms with Crippen LogP contribution in [0.1, 0.15) is 48.0 Å². The summed E-state index contributed by atoms with van der Waals surface area (Å²) in [7, 11) is 2.96. The van der Waals surface area contributed by atoms with E-state index in [1.54, 1.807) is 6.07 Å². The highest BCUT2D eigenvalue weighted by atomic mass is 19.3. The Bertz CT molecular complexity index is 546. The average molecular weight is 435 g/mol. The third-order valence-corrected chi connectivity index (χ3v) is 3.01. The van der Waals surface area contributed by atoms with Crippen molar-refractivity contribution in [2.75, 3.05) is 33.7 Å². The number of rotatable bonds is 5. The quantitative estimate of drug-likeness (QED) is 0.449. The van der Waals surface area contributed by atoms with Crippen LogP contribution in [0.25, 0.3) is 0 Å². The third-order valence-electron chi connectivity index (χ3n) is 3.01. The Morgan fingerprint density at radius 3 is 2.13 bits per heavy atom. The standard InChI is InChI=1S/C13H17F2N5O2.3C2H6.CH5N/c1-18-6-9(2-3-16)12(22)19-7-11(21)20-8-13(14,15)4-10(20)5-17;4*1-2/h2,6,10H,3-4,7-8,16H2,1H3,(H,19,22);3*1-2H3;2H2,1H3/b9-2+,18-6?;;;;. The molecule has 1 saturated heterocycles. The molecular weight excluding hydrogens is 394 g/mol. The van der Waals surface area contributed by atoms with E-state index in [1.165, 1.54) is 26.4 Å². The lowest BCUT2D eigenvalue weighted by Gasteiger charge is -2.19. The smallest absolute Gasteiger partial charge is 0.268 e. The summed E-state index contributed by atoms with van der Waals surface area (Å²) in [5.41, 5.74) is 9.97. The molecule has 0 aromatic rings. The zero-order chi connectivity index (χ0) is 24.8. The Hall–Kier alpha value is -2.38. The zero-order valence-corrected chi connectivity index (χ0v) is 19.6. The van der Waals surface area contributed by atoms with E-state index in [2.05, 4.69) is 16.0 Å². The fraction of sp³-hybridized carbons (Fsp3) is 0.700. The molecule has 1 aliphatic rings. The van der Waals surface area contributed by atoms with Gasteiger partial charge in [-0.05, 0) is 7.05 Å². The van der Waals surface area contributed by atoms with Crippen LogP contribution in [0.4, 0.5) is 8.78 Å². The van der Waals surface area contributed by atoms with Gasteiger partial charge in [0.25, 0.3) is 11.8 Å². The maximum Gasteiger partial charge on any atom is 0.268 e. The van der Waals surface area contributed by atoms with Crippen molar-refractivity contribution in [3.63, 3.8) is 0 Å². The summed E-state index contributed by atoms with van der Waals surface area (Å²) in [4.78, 5) is 28.2. The predicted molar refractivity (Wildman–Crippen MR) is 119 cm³/mol. The van der Waals surface area contributed by atoms with E-state index in [4.69, 9.17) is 11.0 Å². The minimum atomic E-state index is -3.08. The number of nitriles is 1. The number of halogens is 2. The Morgan fingerprint density at radius 1 is 1.23 bits per heavy atom. The van der Waals surface area contributed by atoms with Gasteiger partial charge in [-0.3, -0.25) is 14.6 Å². The minimum Gasteiger partial charge on any atom is -0.343 e. The van der Waals surface area contributed by atoms with Crippen LogP contribution >= 0.6 is 0 Å². The number of alkyl halides is 2. The minimum absolute atomic E-state index is 0.109. The lowest BCUT2D eigenvalue weighted by molar-refractivity contribution is -0.133. The topological polar surface area (TPSA) is 138 Å². The van der Waals surface area contributed by atoms with E-state index < -0.39 is 43.3 Å². The number of hydrogen-bond donors (Lipinski definition) is 3. The maximum absolute atomic E-state index is 13.2. The van der Waals surface area contributed by atoms with Crippen LogP contribution in [0, 0.1) is 11.3 Å². The van der Waals surface area contributed by atoms with Gasteiger partial charge >= 0.3 is 0 Å². The van der Waals surface area contributed by atoms with Crippen molar-refractivity contribution < 1.29 is 18.4 Å². The summed E-state index contributed by atoms with van der Waals surface area (Å²) in [6, 6.07) is 0.480. The van der Waals surface area contributed by atoms with Crippen molar-refractivity contribution in [2.45, 2.75) is 59.9 Å². The van der Waals surface area contributed by atoms with E-state index in [-0.39, 0.29) is 12.1 Å². The fourth-order valence-electron chi connectivity index (χ4n) is 2.02. The lowest BCUT2D eigenvalue weighted by atomic mass is 10.2. The Balaban J connectivity index is -0.000000376. The van der Waals surface area contributed by atoms with Gasteiger partial charge in [0.1, 0.15) is 6.04 Å². The number of aliphatic imine (C=N–C) groups is 1. The highest BCUT2D eigenvalue weighted by molar-refractivity contribution is 6.12. The molecular formula is C20H40F2N6O2. The van der Waals surface area contributed by atoms with Crippen molar-refractivity contribution in [1.82, 2.24) is 10.2 Å². The monoisotopic (exact) mass is 434 g/mol. The average Bonchev–Trinajstić information content (AvgIpc) is 3.12. The second-order valence-electron chi connectivity index (χ2n) is 4.69. The fourth-order valence-corrected chi connectivity index (χ4v) is 2.02. The van der Waals surface area contributed by atoms with E-state index >= 15 is 0 Å². The number of nitrogens with zero attached hydrogens (tertiary/aromatic N) is 3. The Morgan fingerprint density at radius 2 is 1.73 bits per heavy atom. The van der Waals surface area contributed by atoms with E-state index in [9.17, 15) is 18.4 Å². The molecule has 0 aromatic carbocycles. The largest absolute Gasteiger partial charge is 0.343 e. The van der Waals surface area contributed by atoms with Gasteiger partial charge in [0, 0.05) is 26.2 Å². The van der Waals surface area contributed by atoms with Crippen LogP contribution in [-0.2, 0) is 9.59 Å². The highest BCUT2D eigenvalue weighted by Crippen LogP contribution is 2.31. The summed E-state index contributed by atoms with van der Waals surface area (Å²) >= 11 is 0. The molecule has 30 heavy (non-hydrogen) atoms. The molecule has 1 rings (SSSR count). The number of carbonyl (C=O) groups excluding carboxylic acids is 2. The van der Waals surface area contributed by atoms with E-state index in [0.29, 0.717) is 0 Å². The van der Waals surface area contributed by atoms with Crippen LogP contribution in [-0.4, -0.2) is 68.6 Å².